The molecule has 3 aromatic rings. The van der Waals surface area contributed by atoms with Crippen LogP contribution in [0.3, 0.4) is 0 Å². The highest BCUT2D eigenvalue weighted by atomic mass is 16.8. The molecule has 0 saturated carbocycles. The molecule has 3 aliphatic heterocycles. The highest BCUT2D eigenvalue weighted by Gasteiger charge is 2.56. The van der Waals surface area contributed by atoms with Crippen LogP contribution in [0.1, 0.15) is 53.4 Å². The average Bonchev–Trinajstić information content (AvgIpc) is 3.69. The van der Waals surface area contributed by atoms with E-state index < -0.39 is 71.8 Å². The lowest BCUT2D eigenvalue weighted by atomic mass is 10.0. The van der Waals surface area contributed by atoms with Crippen LogP contribution in [0.4, 0.5) is 0 Å². The first-order chi connectivity index (χ1) is 21.6. The van der Waals surface area contributed by atoms with Gasteiger partial charge in [0.05, 0.1) is 24.3 Å². The molecule has 1 N–H and O–H groups in total. The molecule has 0 aliphatic carbocycles. The van der Waals surface area contributed by atoms with E-state index in [9.17, 15) is 24.3 Å². The number of benzene rings is 2. The monoisotopic (exact) mass is 622 g/mol. The van der Waals surface area contributed by atoms with E-state index in [1.54, 1.807) is 74.5 Å². The van der Waals surface area contributed by atoms with Crippen LogP contribution in [0.25, 0.3) is 0 Å². The molecule has 2 aromatic carbocycles. The number of hydrogen-bond donors (Lipinski definition) is 1. The minimum Gasteiger partial charge on any atom is -0.462 e. The molecule has 1 unspecified atom stereocenters. The summed E-state index contributed by atoms with van der Waals surface area (Å²) < 4.78 is 37.3. The number of ether oxygens (including phenoxy) is 6. The van der Waals surface area contributed by atoms with E-state index in [1.807, 2.05) is 0 Å². The molecule has 45 heavy (non-hydrogen) atoms. The van der Waals surface area contributed by atoms with Gasteiger partial charge in [-0.1, -0.05) is 36.4 Å². The van der Waals surface area contributed by atoms with Crippen molar-refractivity contribution < 1.29 is 43.1 Å². The van der Waals surface area contributed by atoms with Gasteiger partial charge in [-0.3, -0.25) is 9.36 Å². The summed E-state index contributed by atoms with van der Waals surface area (Å²) in [6.45, 7) is 2.78. The lowest BCUT2D eigenvalue weighted by Gasteiger charge is -2.25. The van der Waals surface area contributed by atoms with Gasteiger partial charge in [-0.2, -0.15) is 0 Å². The minimum atomic E-state index is -1.07. The minimum absolute atomic E-state index is 0.109. The van der Waals surface area contributed by atoms with E-state index in [1.165, 1.54) is 16.8 Å². The molecule has 0 amide bonds. The molecule has 3 aliphatic rings. The van der Waals surface area contributed by atoms with Crippen LogP contribution in [-0.2, 0) is 28.4 Å². The molecular formula is C32H34N2O11. The van der Waals surface area contributed by atoms with Gasteiger partial charge in [-0.05, 0) is 38.1 Å². The third-order valence-corrected chi connectivity index (χ3v) is 8.10. The van der Waals surface area contributed by atoms with Gasteiger partial charge in [0.15, 0.2) is 12.0 Å². The summed E-state index contributed by atoms with van der Waals surface area (Å²) in [6, 6.07) is 18.1. The van der Waals surface area contributed by atoms with Crippen LogP contribution in [-0.4, -0.2) is 76.2 Å². The van der Waals surface area contributed by atoms with Gasteiger partial charge in [0.2, 0.25) is 0 Å². The quantitative estimate of drug-likeness (QED) is 0.349. The number of aromatic nitrogens is 2. The second kappa shape index (κ2) is 12.7. The Hall–Kier alpha value is -4.14. The zero-order valence-electron chi connectivity index (χ0n) is 24.7. The van der Waals surface area contributed by atoms with Crippen LogP contribution in [0.2, 0.25) is 0 Å². The molecular weight excluding hydrogens is 588 g/mol. The van der Waals surface area contributed by atoms with Crippen molar-refractivity contribution in [3.63, 3.8) is 0 Å². The van der Waals surface area contributed by atoms with Crippen LogP contribution >= 0.6 is 0 Å². The Labute approximate surface area is 257 Å². The zero-order chi connectivity index (χ0) is 31.7. The maximum absolute atomic E-state index is 13.9. The van der Waals surface area contributed by atoms with E-state index >= 15 is 0 Å². The smallest absolute Gasteiger partial charge is 0.338 e. The number of esters is 2. The fourth-order valence-corrected chi connectivity index (χ4v) is 5.95. The molecule has 238 valence electrons. The average molecular weight is 623 g/mol. The van der Waals surface area contributed by atoms with Crippen LogP contribution < -0.4 is 11.2 Å². The Morgan fingerprint density at radius 2 is 1.44 bits per heavy atom. The van der Waals surface area contributed by atoms with Gasteiger partial charge < -0.3 is 33.5 Å². The molecule has 6 rings (SSSR count). The Balaban J connectivity index is 1.24. The van der Waals surface area contributed by atoms with Gasteiger partial charge in [0.25, 0.3) is 5.56 Å². The Bertz CT molecular complexity index is 1570. The first-order valence-electron chi connectivity index (χ1n) is 14.7. The van der Waals surface area contributed by atoms with Crippen molar-refractivity contribution in [2.45, 2.75) is 62.9 Å². The molecule has 13 nitrogen and oxygen atoms in total. The van der Waals surface area contributed by atoms with Crippen molar-refractivity contribution >= 4 is 11.9 Å². The number of carbonyl (C=O) groups excluding carboxylic acids is 2. The summed E-state index contributed by atoms with van der Waals surface area (Å²) in [6.07, 6.45) is -3.53. The zero-order valence-corrected chi connectivity index (χ0v) is 24.7. The molecule has 13 heteroatoms. The summed E-state index contributed by atoms with van der Waals surface area (Å²) in [4.78, 5) is 52.3. The van der Waals surface area contributed by atoms with Crippen molar-refractivity contribution in [1.82, 2.24) is 9.13 Å². The number of hydrogen-bond acceptors (Lipinski definition) is 11. The lowest BCUT2D eigenvalue weighted by molar-refractivity contribution is -0.200. The highest BCUT2D eigenvalue weighted by Crippen LogP contribution is 2.42. The molecule has 0 radical (unpaired) electrons. The van der Waals surface area contributed by atoms with Gasteiger partial charge >= 0.3 is 17.6 Å². The lowest BCUT2D eigenvalue weighted by Crippen LogP contribution is -2.44. The van der Waals surface area contributed by atoms with Crippen molar-refractivity contribution in [2.75, 3.05) is 19.8 Å². The van der Waals surface area contributed by atoms with Gasteiger partial charge in [-0.15, -0.1) is 0 Å². The molecule has 0 spiro atoms. The Kier molecular flexibility index (Phi) is 8.71. The number of carbonyl (C=O) groups is 2. The van der Waals surface area contributed by atoms with Crippen LogP contribution in [0.15, 0.2) is 82.5 Å². The SMILES string of the molecule is CC1(C)O[C@@H]2[C@H](O1)[C@@H](CO)O[C@H]2n1ccc(=O)n(C2C[C@H](COC(=O)c3ccccc3)[C@@H](COC(=O)c3ccccc3)O2)c1=O. The van der Waals surface area contributed by atoms with Gasteiger partial charge in [0.1, 0.15) is 37.3 Å². The van der Waals surface area contributed by atoms with Gasteiger partial charge in [0, 0.05) is 24.6 Å². The topological polar surface area (TPSA) is 154 Å². The molecule has 7 atom stereocenters. The first-order valence-corrected chi connectivity index (χ1v) is 14.7. The summed E-state index contributed by atoms with van der Waals surface area (Å²) in [5.74, 6) is -2.61. The summed E-state index contributed by atoms with van der Waals surface area (Å²) >= 11 is 0. The third kappa shape index (κ3) is 6.35. The third-order valence-electron chi connectivity index (χ3n) is 8.10. The van der Waals surface area contributed by atoms with E-state index in [4.69, 9.17) is 28.4 Å². The number of aliphatic hydroxyl groups is 1. The number of rotatable bonds is 9. The number of aliphatic hydroxyl groups excluding tert-OH is 1. The normalized spacial score (nSPS) is 28.5. The maximum atomic E-state index is 13.9. The summed E-state index contributed by atoms with van der Waals surface area (Å²) in [7, 11) is 0. The molecule has 3 fully saturated rings. The number of fused-ring (bicyclic) bond motifs is 1. The maximum Gasteiger partial charge on any atom is 0.338 e. The van der Waals surface area contributed by atoms with Crippen molar-refractivity contribution in [1.29, 1.82) is 0 Å². The number of nitrogens with zero attached hydrogens (tertiary/aromatic N) is 2. The molecule has 1 aromatic heterocycles. The summed E-state index contributed by atoms with van der Waals surface area (Å²) in [5, 5.41) is 9.88. The van der Waals surface area contributed by atoms with Crippen LogP contribution in [0.5, 0.6) is 0 Å². The second-order valence-corrected chi connectivity index (χ2v) is 11.6. The fourth-order valence-electron chi connectivity index (χ4n) is 5.95. The van der Waals surface area contributed by atoms with E-state index in [0.29, 0.717) is 11.1 Å². The van der Waals surface area contributed by atoms with Crippen LogP contribution in [0, 0.1) is 5.92 Å². The largest absolute Gasteiger partial charge is 0.462 e. The summed E-state index contributed by atoms with van der Waals surface area (Å²) in [5.41, 5.74) is -0.649. The van der Waals surface area contributed by atoms with Crippen molar-refractivity contribution in [3.8, 4) is 0 Å². The molecule has 3 saturated heterocycles. The molecule has 4 heterocycles. The van der Waals surface area contributed by atoms with E-state index in [2.05, 4.69) is 0 Å². The van der Waals surface area contributed by atoms with Crippen molar-refractivity contribution in [2.24, 2.45) is 5.92 Å². The Morgan fingerprint density at radius 1 is 0.844 bits per heavy atom. The van der Waals surface area contributed by atoms with Gasteiger partial charge in [-0.25, -0.2) is 19.0 Å². The standard InChI is InChI=1S/C32H34N2O11/c1-32(2)44-26-22(16-35)43-28(27(26)45-32)33-14-13-24(36)34(31(33)39)25-15-21(17-40-29(37)19-9-5-3-6-10-19)23(42-25)18-41-30(38)20-11-7-4-8-12-20/h3-14,21-23,25-28,35H,15-18H2,1-2H3/t21-,22-,23-,25?,26-,27-,28-/m1/s1. The second-order valence-electron chi connectivity index (χ2n) is 11.6. The predicted molar refractivity (Wildman–Crippen MR) is 155 cm³/mol. The van der Waals surface area contributed by atoms with Crippen molar-refractivity contribution in [3.05, 3.63) is 105 Å². The Morgan fingerprint density at radius 3 is 2.07 bits per heavy atom. The van der Waals surface area contributed by atoms with E-state index in [0.717, 1.165) is 4.57 Å². The first kappa shape index (κ1) is 30.9. The molecule has 0 bridgehead atoms. The van der Waals surface area contributed by atoms with E-state index in [-0.39, 0.29) is 26.2 Å². The highest BCUT2D eigenvalue weighted by molar-refractivity contribution is 5.89. The fraction of sp³-hybridized carbons (Fsp3) is 0.438. The predicted octanol–water partition coefficient (Wildman–Crippen LogP) is 2.04.